The van der Waals surface area contributed by atoms with Crippen molar-refractivity contribution in [1.82, 2.24) is 9.97 Å². The van der Waals surface area contributed by atoms with Crippen LogP contribution in [0.4, 0.5) is 5.95 Å². The molecule has 2 aromatic rings. The third kappa shape index (κ3) is 2.39. The molecule has 1 aromatic heterocycles. The first-order valence-electron chi connectivity index (χ1n) is 6.89. The van der Waals surface area contributed by atoms with Gasteiger partial charge < -0.3 is 10.0 Å². The Morgan fingerprint density at radius 3 is 2.45 bits per heavy atom. The molecule has 1 aliphatic heterocycles. The van der Waals surface area contributed by atoms with Gasteiger partial charge in [0.25, 0.3) is 5.56 Å². The summed E-state index contributed by atoms with van der Waals surface area (Å²) in [6.45, 7) is 1.74. The van der Waals surface area contributed by atoms with Crippen LogP contribution in [0.2, 0.25) is 0 Å². The van der Waals surface area contributed by atoms with Crippen molar-refractivity contribution >= 4 is 5.95 Å². The van der Waals surface area contributed by atoms with Crippen molar-refractivity contribution in [3.63, 3.8) is 0 Å². The van der Waals surface area contributed by atoms with Gasteiger partial charge in [0.15, 0.2) is 0 Å². The number of piperidine rings is 1. The van der Waals surface area contributed by atoms with E-state index in [0.717, 1.165) is 25.9 Å². The van der Waals surface area contributed by atoms with Crippen LogP contribution in [-0.2, 0) is 0 Å². The Kier molecular flexibility index (Phi) is 3.41. The van der Waals surface area contributed by atoms with E-state index >= 15 is 0 Å². The minimum absolute atomic E-state index is 0.208. The lowest BCUT2D eigenvalue weighted by Crippen LogP contribution is -2.32. The fourth-order valence-corrected chi connectivity index (χ4v) is 2.57. The molecule has 1 aromatic carbocycles. The highest BCUT2D eigenvalue weighted by Crippen LogP contribution is 2.25. The van der Waals surface area contributed by atoms with Crippen LogP contribution in [-0.4, -0.2) is 28.2 Å². The van der Waals surface area contributed by atoms with Gasteiger partial charge in [-0.05, 0) is 24.8 Å². The van der Waals surface area contributed by atoms with E-state index in [2.05, 4.69) is 9.97 Å². The normalized spacial score (nSPS) is 15.3. The summed E-state index contributed by atoms with van der Waals surface area (Å²) in [6.07, 6.45) is 3.38. The van der Waals surface area contributed by atoms with Crippen molar-refractivity contribution < 1.29 is 5.11 Å². The second kappa shape index (κ2) is 5.36. The van der Waals surface area contributed by atoms with Crippen molar-refractivity contribution in [3.05, 3.63) is 40.7 Å². The van der Waals surface area contributed by atoms with Gasteiger partial charge in [0.2, 0.25) is 11.8 Å². The Bertz CT molecular complexity index is 646. The monoisotopic (exact) mass is 271 g/mol. The summed E-state index contributed by atoms with van der Waals surface area (Å²) < 4.78 is 0. The number of aromatic amines is 1. The smallest absolute Gasteiger partial charge is 0.264 e. The highest BCUT2D eigenvalue weighted by Gasteiger charge is 2.17. The quantitative estimate of drug-likeness (QED) is 0.878. The van der Waals surface area contributed by atoms with Crippen molar-refractivity contribution in [2.45, 2.75) is 19.3 Å². The molecule has 1 fully saturated rings. The fourth-order valence-electron chi connectivity index (χ4n) is 2.57. The summed E-state index contributed by atoms with van der Waals surface area (Å²) in [7, 11) is 0. The van der Waals surface area contributed by atoms with Gasteiger partial charge in [0.1, 0.15) is 5.56 Å². The van der Waals surface area contributed by atoms with Gasteiger partial charge in [0.05, 0.1) is 0 Å². The van der Waals surface area contributed by atoms with Crippen molar-refractivity contribution in [3.8, 4) is 17.0 Å². The number of aromatic hydroxyl groups is 1. The average Bonchev–Trinajstić information content (AvgIpc) is 2.48. The Balaban J connectivity index is 2.01. The lowest BCUT2D eigenvalue weighted by molar-refractivity contribution is 0.451. The molecule has 0 atom stereocenters. The molecule has 3 rings (SSSR count). The number of H-pyrrole nitrogens is 1. The molecule has 0 amide bonds. The van der Waals surface area contributed by atoms with Gasteiger partial charge in [0, 0.05) is 13.1 Å². The maximum atomic E-state index is 12.2. The van der Waals surface area contributed by atoms with E-state index in [-0.39, 0.29) is 17.0 Å². The number of hydrogen-bond donors (Lipinski definition) is 2. The molecule has 0 aliphatic carbocycles. The Labute approximate surface area is 116 Å². The van der Waals surface area contributed by atoms with Gasteiger partial charge in [-0.15, -0.1) is 0 Å². The zero-order valence-corrected chi connectivity index (χ0v) is 11.2. The molecule has 0 radical (unpaired) electrons. The van der Waals surface area contributed by atoms with E-state index in [4.69, 9.17) is 0 Å². The van der Waals surface area contributed by atoms with E-state index in [1.807, 2.05) is 23.1 Å². The van der Waals surface area contributed by atoms with Crippen LogP contribution in [0.3, 0.4) is 0 Å². The van der Waals surface area contributed by atoms with Crippen molar-refractivity contribution in [2.75, 3.05) is 18.0 Å². The number of hydrogen-bond acceptors (Lipinski definition) is 4. The Morgan fingerprint density at radius 2 is 1.80 bits per heavy atom. The van der Waals surface area contributed by atoms with Crippen LogP contribution in [0.25, 0.3) is 11.1 Å². The minimum Gasteiger partial charge on any atom is -0.493 e. The first-order chi connectivity index (χ1) is 9.75. The number of nitrogens with one attached hydrogen (secondary N) is 1. The average molecular weight is 271 g/mol. The predicted molar refractivity (Wildman–Crippen MR) is 78.0 cm³/mol. The standard InChI is InChI=1S/C15H17N3O2/c19-13-12(11-7-3-1-4-8-11)14(20)17-15(16-13)18-9-5-2-6-10-18/h1,3-4,7-8H,2,5-6,9-10H2,(H2,16,17,19,20). The summed E-state index contributed by atoms with van der Waals surface area (Å²) in [5.74, 6) is 0.257. The van der Waals surface area contributed by atoms with E-state index in [9.17, 15) is 9.90 Å². The zero-order chi connectivity index (χ0) is 13.9. The number of rotatable bonds is 2. The lowest BCUT2D eigenvalue weighted by Gasteiger charge is -2.27. The molecular formula is C15H17N3O2. The highest BCUT2D eigenvalue weighted by molar-refractivity contribution is 5.67. The van der Waals surface area contributed by atoms with Crippen LogP contribution < -0.4 is 10.5 Å². The van der Waals surface area contributed by atoms with Crippen LogP contribution in [0.1, 0.15) is 19.3 Å². The molecule has 20 heavy (non-hydrogen) atoms. The molecule has 0 bridgehead atoms. The number of benzene rings is 1. The van der Waals surface area contributed by atoms with Gasteiger partial charge in [-0.2, -0.15) is 4.98 Å². The second-order valence-corrected chi connectivity index (χ2v) is 5.00. The maximum absolute atomic E-state index is 12.2. The molecule has 1 aliphatic rings. The van der Waals surface area contributed by atoms with Crippen LogP contribution in [0.15, 0.2) is 35.1 Å². The van der Waals surface area contributed by atoms with E-state index in [0.29, 0.717) is 11.5 Å². The molecule has 5 nitrogen and oxygen atoms in total. The molecular weight excluding hydrogens is 254 g/mol. The molecule has 2 heterocycles. The summed E-state index contributed by atoms with van der Waals surface area (Å²) >= 11 is 0. The van der Waals surface area contributed by atoms with E-state index in [1.165, 1.54) is 6.42 Å². The summed E-state index contributed by atoms with van der Waals surface area (Å²) in [5, 5.41) is 10.1. The molecule has 2 N–H and O–H groups in total. The Morgan fingerprint density at radius 1 is 1.10 bits per heavy atom. The van der Waals surface area contributed by atoms with Gasteiger partial charge in [-0.1, -0.05) is 30.3 Å². The van der Waals surface area contributed by atoms with Crippen LogP contribution in [0.5, 0.6) is 5.88 Å². The predicted octanol–water partition coefficient (Wildman–Crippen LogP) is 2.13. The first-order valence-corrected chi connectivity index (χ1v) is 6.89. The molecule has 0 unspecified atom stereocenters. The zero-order valence-electron chi connectivity index (χ0n) is 11.2. The third-order valence-corrected chi connectivity index (χ3v) is 3.61. The van der Waals surface area contributed by atoms with Crippen LogP contribution in [0, 0.1) is 0 Å². The number of aromatic nitrogens is 2. The third-order valence-electron chi connectivity index (χ3n) is 3.61. The minimum atomic E-state index is -0.302. The summed E-state index contributed by atoms with van der Waals surface area (Å²) in [4.78, 5) is 21.2. The molecule has 0 saturated carbocycles. The summed E-state index contributed by atoms with van der Waals surface area (Å²) in [5.41, 5.74) is 0.597. The SMILES string of the molecule is O=c1[nH]c(N2CCCCC2)nc(O)c1-c1ccccc1. The van der Waals surface area contributed by atoms with Gasteiger partial charge >= 0.3 is 0 Å². The van der Waals surface area contributed by atoms with E-state index in [1.54, 1.807) is 12.1 Å². The maximum Gasteiger partial charge on any atom is 0.264 e. The molecule has 0 spiro atoms. The largest absolute Gasteiger partial charge is 0.493 e. The first kappa shape index (κ1) is 12.7. The van der Waals surface area contributed by atoms with E-state index < -0.39 is 0 Å². The number of nitrogens with zero attached hydrogens (tertiary/aromatic N) is 2. The van der Waals surface area contributed by atoms with Gasteiger partial charge in [-0.3, -0.25) is 9.78 Å². The highest BCUT2D eigenvalue weighted by atomic mass is 16.3. The molecule has 5 heteroatoms. The molecule has 1 saturated heterocycles. The van der Waals surface area contributed by atoms with Crippen LogP contribution >= 0.6 is 0 Å². The van der Waals surface area contributed by atoms with Gasteiger partial charge in [-0.25, -0.2) is 0 Å². The Hall–Kier alpha value is -2.30. The summed E-state index contributed by atoms with van der Waals surface area (Å²) in [6, 6.07) is 9.09. The molecule has 104 valence electrons. The second-order valence-electron chi connectivity index (χ2n) is 5.00. The number of anilines is 1. The van der Waals surface area contributed by atoms with Crippen molar-refractivity contribution in [1.29, 1.82) is 0 Å². The topological polar surface area (TPSA) is 69.2 Å². The lowest BCUT2D eigenvalue weighted by atomic mass is 10.1. The fraction of sp³-hybridized carbons (Fsp3) is 0.333. The van der Waals surface area contributed by atoms with Crippen molar-refractivity contribution in [2.24, 2.45) is 0 Å².